The minimum atomic E-state index is -1.32. The number of esters is 1. The van der Waals surface area contributed by atoms with Crippen LogP contribution in [-0.2, 0) is 28.5 Å². The van der Waals surface area contributed by atoms with Crippen LogP contribution in [0.4, 0.5) is 0 Å². The van der Waals surface area contributed by atoms with Crippen molar-refractivity contribution in [3.05, 3.63) is 0 Å². The van der Waals surface area contributed by atoms with Crippen molar-refractivity contribution in [2.45, 2.75) is 166 Å². The summed E-state index contributed by atoms with van der Waals surface area (Å²) in [7, 11) is 0. The largest absolute Gasteiger partial charge is 0.459 e. The summed E-state index contributed by atoms with van der Waals surface area (Å²) in [4.78, 5) is 12.7. The molecule has 8 rings (SSSR count). The van der Waals surface area contributed by atoms with Gasteiger partial charge >= 0.3 is 5.97 Å². The molecule has 5 N–H and O–H groups in total. The van der Waals surface area contributed by atoms with Crippen molar-refractivity contribution >= 4 is 5.97 Å². The molecule has 0 aromatic heterocycles. The van der Waals surface area contributed by atoms with E-state index in [0.717, 1.165) is 44.9 Å². The van der Waals surface area contributed by atoms with Gasteiger partial charge in [0.2, 0.25) is 0 Å². The molecule has 48 heavy (non-hydrogen) atoms. The number of ether oxygens (including phenoxy) is 5. The number of carbonyl (C=O) groups excluding carboxylic acids is 1. The van der Waals surface area contributed by atoms with E-state index in [2.05, 4.69) is 27.7 Å². The van der Waals surface area contributed by atoms with E-state index in [1.807, 2.05) is 0 Å². The van der Waals surface area contributed by atoms with Crippen LogP contribution in [0.5, 0.6) is 0 Å². The van der Waals surface area contributed by atoms with Crippen molar-refractivity contribution < 1.29 is 54.0 Å². The predicted molar refractivity (Wildman–Crippen MR) is 170 cm³/mol. The van der Waals surface area contributed by atoms with Crippen molar-refractivity contribution in [3.63, 3.8) is 0 Å². The van der Waals surface area contributed by atoms with Crippen molar-refractivity contribution in [2.75, 3.05) is 13.2 Å². The Morgan fingerprint density at radius 2 is 1.52 bits per heavy atom. The molecule has 11 nitrogen and oxygen atoms in total. The number of aliphatic hydroxyl groups excluding tert-OH is 4. The molecule has 0 unspecified atom stereocenters. The first kappa shape index (κ1) is 34.2. The zero-order valence-corrected chi connectivity index (χ0v) is 29.7. The van der Waals surface area contributed by atoms with Crippen LogP contribution in [-0.4, -0.2) is 105 Å². The Kier molecular flexibility index (Phi) is 7.24. The summed E-state index contributed by atoms with van der Waals surface area (Å²) >= 11 is 0. The lowest BCUT2D eigenvalue weighted by molar-refractivity contribution is -0.317. The van der Waals surface area contributed by atoms with Crippen LogP contribution in [0, 0.1) is 44.8 Å². The first-order valence-electron chi connectivity index (χ1n) is 18.5. The average Bonchev–Trinajstić information content (AvgIpc) is 3.50. The Morgan fingerprint density at radius 1 is 0.854 bits per heavy atom. The third-order valence-electron chi connectivity index (χ3n) is 16.4. The number of fused-ring (bicyclic) bond motifs is 4. The Morgan fingerprint density at radius 3 is 2.21 bits per heavy atom. The lowest BCUT2D eigenvalue weighted by Gasteiger charge is -2.64. The first-order valence-corrected chi connectivity index (χ1v) is 18.5. The summed E-state index contributed by atoms with van der Waals surface area (Å²) < 4.78 is 31.9. The molecule has 3 saturated heterocycles. The van der Waals surface area contributed by atoms with Crippen LogP contribution in [0.3, 0.4) is 0 Å². The number of carbonyl (C=O) groups is 1. The van der Waals surface area contributed by atoms with Crippen molar-refractivity contribution in [1.29, 1.82) is 0 Å². The van der Waals surface area contributed by atoms with E-state index in [-0.39, 0.29) is 40.8 Å². The standard InChI is InChI=1S/C37H58O11/c1-19(38)46-26-27-32(6)12-15-37(48-32,31(4,5)43)45-18-36(27)14-13-35-17-34(35)11-10-23(47-29-25(41)24(40)20(39)16-44-29)30(2,3)21(34)8-9-22(35)33(36,7)28(26)42/h20-29,39-43H,8-18H2,1-7H3/t20-,21-,22-,23+,24+,25-,26-,27-,28-,29+,32+,33-,34-,35+,36+,37+/m1/s1. The van der Waals surface area contributed by atoms with Gasteiger partial charge in [-0.1, -0.05) is 20.8 Å². The van der Waals surface area contributed by atoms with Gasteiger partial charge in [-0.05, 0) is 100 Å². The van der Waals surface area contributed by atoms with Gasteiger partial charge in [-0.25, -0.2) is 0 Å². The molecule has 0 aromatic rings. The minimum absolute atomic E-state index is 0.0248. The predicted octanol–water partition coefficient (Wildman–Crippen LogP) is 2.81. The molecule has 8 aliphatic rings. The normalized spacial score (nSPS) is 58.1. The molecule has 0 amide bonds. The fourth-order valence-corrected chi connectivity index (χ4v) is 14.1. The van der Waals surface area contributed by atoms with Crippen molar-refractivity contribution in [2.24, 2.45) is 44.8 Å². The quantitative estimate of drug-likeness (QED) is 0.219. The first-order chi connectivity index (χ1) is 22.3. The fourth-order valence-electron chi connectivity index (χ4n) is 14.1. The Labute approximate surface area is 284 Å². The van der Waals surface area contributed by atoms with Gasteiger partial charge in [-0.3, -0.25) is 4.79 Å². The van der Waals surface area contributed by atoms with Crippen LogP contribution in [0.1, 0.15) is 106 Å². The Balaban J connectivity index is 1.13. The molecule has 16 atom stereocenters. The second-order valence-corrected chi connectivity index (χ2v) is 18.9. The molecular weight excluding hydrogens is 620 g/mol. The minimum Gasteiger partial charge on any atom is -0.459 e. The van der Waals surface area contributed by atoms with Crippen molar-refractivity contribution in [1.82, 2.24) is 0 Å². The molecule has 8 fully saturated rings. The summed E-state index contributed by atoms with van der Waals surface area (Å²) in [6.45, 7) is 14.0. The second kappa shape index (κ2) is 10.2. The zero-order chi connectivity index (χ0) is 34.7. The van der Waals surface area contributed by atoms with Gasteiger partial charge < -0.3 is 49.2 Å². The van der Waals surface area contributed by atoms with E-state index in [1.54, 1.807) is 13.8 Å². The van der Waals surface area contributed by atoms with E-state index in [9.17, 15) is 30.3 Å². The Bertz CT molecular complexity index is 1350. The SMILES string of the molecule is CC(=O)O[C@H]1[C@@H](O)[C@@]2(C)[C@H]3CC[C@@H]4C(C)(C)[C@@H](O[C@@H]5OC[C@@H](O)[C@H](O)[C@H]5O)CC[C@@]45C[C@@]35CC[C@@]23CO[C@@]2(C(C)(C)O)CC[C@](C)(O2)[C@@H]13. The number of aliphatic hydroxyl groups is 5. The molecule has 3 heterocycles. The second-order valence-electron chi connectivity index (χ2n) is 18.9. The van der Waals surface area contributed by atoms with Gasteiger partial charge in [0, 0.05) is 30.1 Å². The number of rotatable bonds is 4. The highest BCUT2D eigenvalue weighted by atomic mass is 16.7. The van der Waals surface area contributed by atoms with Gasteiger partial charge in [0.1, 0.15) is 30.0 Å². The lowest BCUT2D eigenvalue weighted by Crippen LogP contribution is -2.63. The molecule has 2 bridgehead atoms. The van der Waals surface area contributed by atoms with Crippen LogP contribution >= 0.6 is 0 Å². The van der Waals surface area contributed by atoms with Gasteiger partial charge in [-0.2, -0.15) is 0 Å². The monoisotopic (exact) mass is 678 g/mol. The van der Waals surface area contributed by atoms with E-state index in [0.29, 0.717) is 25.4 Å². The zero-order valence-electron chi connectivity index (χ0n) is 29.7. The third kappa shape index (κ3) is 3.95. The van der Waals surface area contributed by atoms with Crippen molar-refractivity contribution in [3.8, 4) is 0 Å². The van der Waals surface area contributed by atoms with E-state index >= 15 is 0 Å². The molecule has 272 valence electrons. The van der Waals surface area contributed by atoms with Crippen LogP contribution in [0.2, 0.25) is 0 Å². The third-order valence-corrected chi connectivity index (χ3v) is 16.4. The average molecular weight is 679 g/mol. The highest BCUT2D eigenvalue weighted by molar-refractivity contribution is 5.66. The highest BCUT2D eigenvalue weighted by Gasteiger charge is 2.87. The lowest BCUT2D eigenvalue weighted by atomic mass is 9.41. The van der Waals surface area contributed by atoms with Crippen LogP contribution in [0.25, 0.3) is 0 Å². The molecule has 0 aromatic carbocycles. The summed E-state index contributed by atoms with van der Waals surface area (Å²) in [5.74, 6) is -1.33. The molecule has 0 radical (unpaired) electrons. The highest BCUT2D eigenvalue weighted by Crippen LogP contribution is 2.89. The van der Waals surface area contributed by atoms with E-state index < -0.39 is 70.6 Å². The topological polar surface area (TPSA) is 164 Å². The van der Waals surface area contributed by atoms with Crippen LogP contribution < -0.4 is 0 Å². The van der Waals surface area contributed by atoms with E-state index in [4.69, 9.17) is 23.7 Å². The Hall–Kier alpha value is -0.890. The fraction of sp³-hybridized carbons (Fsp3) is 0.973. The molecule has 5 aliphatic carbocycles. The summed E-state index contributed by atoms with van der Waals surface area (Å²) in [6, 6.07) is 0. The van der Waals surface area contributed by atoms with Gasteiger partial charge in [0.25, 0.3) is 0 Å². The summed E-state index contributed by atoms with van der Waals surface area (Å²) in [5, 5.41) is 54.9. The maximum Gasteiger partial charge on any atom is 0.303 e. The number of hydrogen-bond acceptors (Lipinski definition) is 11. The molecular formula is C37H58O11. The molecule has 3 spiro atoms. The molecule has 11 heteroatoms. The maximum absolute atomic E-state index is 12.7. The molecule has 5 saturated carbocycles. The smallest absolute Gasteiger partial charge is 0.303 e. The van der Waals surface area contributed by atoms with E-state index in [1.165, 1.54) is 6.92 Å². The maximum atomic E-state index is 12.7. The summed E-state index contributed by atoms with van der Waals surface area (Å²) in [5.41, 5.74) is -3.27. The van der Waals surface area contributed by atoms with Gasteiger partial charge in [-0.15, -0.1) is 0 Å². The molecule has 3 aliphatic heterocycles. The van der Waals surface area contributed by atoms with Gasteiger partial charge in [0.05, 0.1) is 31.0 Å². The summed E-state index contributed by atoms with van der Waals surface area (Å²) in [6.07, 6.45) is 1.09. The van der Waals surface area contributed by atoms with Gasteiger partial charge in [0.15, 0.2) is 12.1 Å². The number of hydrogen-bond donors (Lipinski definition) is 5. The van der Waals surface area contributed by atoms with Crippen LogP contribution in [0.15, 0.2) is 0 Å².